The molecular weight excluding hydrogens is 528 g/mol. The van der Waals surface area contributed by atoms with Gasteiger partial charge in [0, 0.05) is 34.1 Å². The molecule has 0 aliphatic heterocycles. The standard InChI is InChI=1S/C30H22N4O5S/c1-17-9-11-21(40-17)16-34-28(36)22-15-19(10-12-23(22)32(2)30(34)39)26(35)27-31-25(24-8-3-4-13-33(24)27)18-6-5-7-20(14-18)29(37)38/h3-15H,16H2,1-2H3,(H,37,38). The Balaban J connectivity index is 1.48. The molecule has 9 nitrogen and oxygen atoms in total. The molecule has 198 valence electrons. The van der Waals surface area contributed by atoms with E-state index in [0.717, 1.165) is 9.75 Å². The van der Waals surface area contributed by atoms with Gasteiger partial charge in [-0.05, 0) is 61.5 Å². The molecule has 0 atom stereocenters. The molecule has 10 heteroatoms. The van der Waals surface area contributed by atoms with Crippen molar-refractivity contribution in [2.75, 3.05) is 0 Å². The summed E-state index contributed by atoms with van der Waals surface area (Å²) in [5.74, 6) is -1.37. The van der Waals surface area contributed by atoms with Crippen LogP contribution in [-0.2, 0) is 13.6 Å². The van der Waals surface area contributed by atoms with Gasteiger partial charge in [-0.1, -0.05) is 18.2 Å². The summed E-state index contributed by atoms with van der Waals surface area (Å²) < 4.78 is 4.23. The highest BCUT2D eigenvalue weighted by Crippen LogP contribution is 2.27. The van der Waals surface area contributed by atoms with E-state index in [-0.39, 0.29) is 28.9 Å². The molecule has 0 aliphatic rings. The monoisotopic (exact) mass is 550 g/mol. The third-order valence-corrected chi connectivity index (χ3v) is 7.84. The zero-order chi connectivity index (χ0) is 28.1. The zero-order valence-electron chi connectivity index (χ0n) is 21.5. The summed E-state index contributed by atoms with van der Waals surface area (Å²) in [6.45, 7) is 2.10. The molecule has 4 aromatic heterocycles. The minimum atomic E-state index is -1.06. The normalized spacial score (nSPS) is 11.3. The Morgan fingerprint density at radius 1 is 0.925 bits per heavy atom. The number of nitrogens with zero attached hydrogens (tertiary/aromatic N) is 4. The maximum Gasteiger partial charge on any atom is 0.335 e. The first-order valence-electron chi connectivity index (χ1n) is 12.4. The van der Waals surface area contributed by atoms with Crippen LogP contribution in [0.5, 0.6) is 0 Å². The summed E-state index contributed by atoms with van der Waals surface area (Å²) in [4.78, 5) is 58.4. The van der Waals surface area contributed by atoms with Crippen molar-refractivity contribution in [3.8, 4) is 11.3 Å². The second-order valence-electron chi connectivity index (χ2n) is 9.43. The molecule has 0 saturated carbocycles. The molecule has 2 aromatic carbocycles. The first-order chi connectivity index (χ1) is 19.2. The van der Waals surface area contributed by atoms with E-state index in [0.29, 0.717) is 22.3 Å². The molecule has 0 radical (unpaired) electrons. The molecule has 6 aromatic rings. The fraction of sp³-hybridized carbons (Fsp3) is 0.100. The molecule has 4 heterocycles. The van der Waals surface area contributed by atoms with Gasteiger partial charge in [0.2, 0.25) is 5.78 Å². The van der Waals surface area contributed by atoms with Crippen molar-refractivity contribution >= 4 is 39.5 Å². The average Bonchev–Trinajstić information content (AvgIpc) is 3.56. The van der Waals surface area contributed by atoms with E-state index < -0.39 is 23.0 Å². The van der Waals surface area contributed by atoms with Crippen LogP contribution in [0.1, 0.15) is 36.3 Å². The molecule has 0 spiro atoms. The maximum atomic E-state index is 13.8. The fourth-order valence-electron chi connectivity index (χ4n) is 4.86. The highest BCUT2D eigenvalue weighted by Gasteiger charge is 2.22. The molecule has 0 bridgehead atoms. The van der Waals surface area contributed by atoms with Crippen LogP contribution in [0.4, 0.5) is 0 Å². The summed E-state index contributed by atoms with van der Waals surface area (Å²) in [6, 6.07) is 20.3. The number of rotatable bonds is 6. The van der Waals surface area contributed by atoms with Crippen LogP contribution in [0.3, 0.4) is 0 Å². The second-order valence-corrected chi connectivity index (χ2v) is 10.8. The number of hydrogen-bond donors (Lipinski definition) is 1. The van der Waals surface area contributed by atoms with Crippen molar-refractivity contribution in [2.24, 2.45) is 7.05 Å². The maximum absolute atomic E-state index is 13.8. The molecule has 40 heavy (non-hydrogen) atoms. The van der Waals surface area contributed by atoms with Gasteiger partial charge < -0.3 is 5.11 Å². The van der Waals surface area contributed by atoms with Crippen molar-refractivity contribution in [3.05, 3.63) is 127 Å². The third kappa shape index (κ3) is 4.15. The number of aromatic nitrogens is 4. The van der Waals surface area contributed by atoms with Crippen molar-refractivity contribution in [2.45, 2.75) is 13.5 Å². The summed E-state index contributed by atoms with van der Waals surface area (Å²) in [7, 11) is 1.60. The molecule has 0 unspecified atom stereocenters. The number of pyridine rings is 1. The van der Waals surface area contributed by atoms with Gasteiger partial charge in [0.1, 0.15) is 0 Å². The Hall–Kier alpha value is -5.09. The number of imidazole rings is 1. The van der Waals surface area contributed by atoms with E-state index in [2.05, 4.69) is 4.98 Å². The van der Waals surface area contributed by atoms with E-state index in [1.807, 2.05) is 25.1 Å². The number of aromatic carboxylic acids is 1. The van der Waals surface area contributed by atoms with E-state index >= 15 is 0 Å². The Kier molecular flexibility index (Phi) is 6.04. The van der Waals surface area contributed by atoms with Crippen LogP contribution >= 0.6 is 11.3 Å². The third-order valence-electron chi connectivity index (χ3n) is 6.86. The topological polar surface area (TPSA) is 116 Å². The number of benzene rings is 2. The lowest BCUT2D eigenvalue weighted by Crippen LogP contribution is -2.39. The number of carboxylic acid groups (broad SMARTS) is 1. The van der Waals surface area contributed by atoms with E-state index in [9.17, 15) is 24.3 Å². The second kappa shape index (κ2) is 9.58. The minimum Gasteiger partial charge on any atom is -0.478 e. The average molecular weight is 551 g/mol. The van der Waals surface area contributed by atoms with Crippen molar-refractivity contribution in [1.82, 2.24) is 18.5 Å². The lowest BCUT2D eigenvalue weighted by molar-refractivity contribution is 0.0696. The van der Waals surface area contributed by atoms with Crippen molar-refractivity contribution in [3.63, 3.8) is 0 Å². The molecular formula is C30H22N4O5S. The Morgan fingerprint density at radius 3 is 2.50 bits per heavy atom. The Labute approximate surface area is 230 Å². The quantitative estimate of drug-likeness (QED) is 0.308. The smallest absolute Gasteiger partial charge is 0.335 e. The summed E-state index contributed by atoms with van der Waals surface area (Å²) in [5.41, 5.74) is 1.51. The van der Waals surface area contributed by atoms with Crippen LogP contribution in [-0.4, -0.2) is 35.4 Å². The number of aryl methyl sites for hydroxylation is 2. The van der Waals surface area contributed by atoms with Crippen molar-refractivity contribution < 1.29 is 14.7 Å². The van der Waals surface area contributed by atoms with Gasteiger partial charge in [-0.15, -0.1) is 11.3 Å². The lowest BCUT2D eigenvalue weighted by atomic mass is 10.1. The number of carbonyl (C=O) groups is 2. The van der Waals surface area contributed by atoms with Crippen LogP contribution in [0.15, 0.2) is 88.6 Å². The number of carboxylic acids is 1. The molecule has 0 saturated heterocycles. The van der Waals surface area contributed by atoms with Crippen LogP contribution in [0.25, 0.3) is 27.7 Å². The number of carbonyl (C=O) groups excluding carboxylic acids is 1. The highest BCUT2D eigenvalue weighted by molar-refractivity contribution is 7.11. The summed E-state index contributed by atoms with van der Waals surface area (Å²) in [5, 5.41) is 9.68. The van der Waals surface area contributed by atoms with E-state index in [1.54, 1.807) is 54.0 Å². The molecule has 1 N–H and O–H groups in total. The number of hydrogen-bond acceptors (Lipinski definition) is 6. The van der Waals surface area contributed by atoms with Gasteiger partial charge in [-0.25, -0.2) is 14.6 Å². The van der Waals surface area contributed by atoms with Gasteiger partial charge in [0.25, 0.3) is 5.56 Å². The van der Waals surface area contributed by atoms with Crippen molar-refractivity contribution in [1.29, 1.82) is 0 Å². The van der Waals surface area contributed by atoms with Gasteiger partial charge >= 0.3 is 11.7 Å². The predicted molar refractivity (Wildman–Crippen MR) is 153 cm³/mol. The van der Waals surface area contributed by atoms with Gasteiger partial charge in [-0.3, -0.25) is 23.1 Å². The molecule has 6 rings (SSSR count). The minimum absolute atomic E-state index is 0.108. The van der Waals surface area contributed by atoms with E-state index in [4.69, 9.17) is 0 Å². The highest BCUT2D eigenvalue weighted by atomic mass is 32.1. The Bertz CT molecular complexity index is 2110. The first kappa shape index (κ1) is 25.2. The number of ketones is 1. The summed E-state index contributed by atoms with van der Waals surface area (Å²) in [6.07, 6.45) is 1.71. The van der Waals surface area contributed by atoms with Crippen LogP contribution in [0.2, 0.25) is 0 Å². The van der Waals surface area contributed by atoms with Crippen LogP contribution in [0, 0.1) is 6.92 Å². The largest absolute Gasteiger partial charge is 0.478 e. The van der Waals surface area contributed by atoms with Gasteiger partial charge in [0.15, 0.2) is 5.82 Å². The number of thiophene rings is 1. The molecule has 0 fully saturated rings. The van der Waals surface area contributed by atoms with Gasteiger partial charge in [-0.2, -0.15) is 0 Å². The SMILES string of the molecule is Cc1ccc(Cn2c(=O)c3cc(C(=O)c4nc(-c5cccc(C(=O)O)c5)c5ccccn45)ccc3n(C)c2=O)s1. The molecule has 0 amide bonds. The summed E-state index contributed by atoms with van der Waals surface area (Å²) >= 11 is 1.51. The van der Waals surface area contributed by atoms with Crippen LogP contribution < -0.4 is 11.2 Å². The Morgan fingerprint density at radius 2 is 1.75 bits per heavy atom. The predicted octanol–water partition coefficient (Wildman–Crippen LogP) is 4.36. The van der Waals surface area contributed by atoms with Gasteiger partial charge in [0.05, 0.1) is 34.2 Å². The lowest BCUT2D eigenvalue weighted by Gasteiger charge is -2.11. The first-order valence-corrected chi connectivity index (χ1v) is 13.2. The zero-order valence-corrected chi connectivity index (χ0v) is 22.3. The molecule has 0 aliphatic carbocycles. The fourth-order valence-corrected chi connectivity index (χ4v) is 5.74. The van der Waals surface area contributed by atoms with E-state index in [1.165, 1.54) is 38.7 Å². The number of fused-ring (bicyclic) bond motifs is 2.